The second-order valence-electron chi connectivity index (χ2n) is 3.69. The first-order valence-electron chi connectivity index (χ1n) is 4.90. The van der Waals surface area contributed by atoms with Crippen molar-refractivity contribution >= 4 is 56.0 Å². The van der Waals surface area contributed by atoms with Crippen molar-refractivity contribution in [3.05, 3.63) is 0 Å². The Labute approximate surface area is 124 Å². The molecule has 0 aromatic carbocycles. The highest BCUT2D eigenvalue weighted by atomic mass is 79.9. The fourth-order valence-corrected chi connectivity index (χ4v) is 2.70. The Morgan fingerprint density at radius 2 is 1.25 bits per heavy atom. The first-order valence-corrected chi connectivity index (χ1v) is 8.74. The quantitative estimate of drug-likeness (QED) is 0.484. The second kappa shape index (κ2) is 11.5. The zero-order chi connectivity index (χ0) is 13.3. The van der Waals surface area contributed by atoms with Crippen molar-refractivity contribution in [1.29, 1.82) is 0 Å². The zero-order valence-corrected chi connectivity index (χ0v) is 15.2. The summed E-state index contributed by atoms with van der Waals surface area (Å²) in [6, 6.07) is 0. The van der Waals surface area contributed by atoms with Gasteiger partial charge >= 0.3 is 0 Å². The Bertz CT molecular complexity index is 175. The molecule has 3 unspecified atom stereocenters. The van der Waals surface area contributed by atoms with Gasteiger partial charge in [-0.15, -0.1) is 0 Å². The molecule has 3 atom stereocenters. The van der Waals surface area contributed by atoms with Gasteiger partial charge in [0.1, 0.15) is 0 Å². The van der Waals surface area contributed by atoms with Gasteiger partial charge < -0.3 is 9.79 Å². The number of halogens is 3. The molecular weight excluding hydrogens is 427 g/mol. The molecule has 0 amide bonds. The number of hydrogen-bond donors (Lipinski definition) is 0. The molecule has 0 bridgehead atoms. The third-order valence-electron chi connectivity index (χ3n) is 1.90. The summed E-state index contributed by atoms with van der Waals surface area (Å²) >= 11 is 10.9. The molecule has 98 valence electrons. The fourth-order valence-electron chi connectivity index (χ4n) is 1.31. The van der Waals surface area contributed by atoms with E-state index in [0.29, 0.717) is 14.5 Å². The fraction of sp³-hybridized carbons (Fsp3) is 1.00. The lowest BCUT2D eigenvalue weighted by Gasteiger charge is -2.22. The third kappa shape index (κ3) is 17.8. The summed E-state index contributed by atoms with van der Waals surface area (Å²) in [6.45, 7) is 6.65. The van der Waals surface area contributed by atoms with Gasteiger partial charge in [0.25, 0.3) is 8.25 Å². The molecule has 0 saturated heterocycles. The van der Waals surface area contributed by atoms with E-state index in [1.54, 1.807) is 0 Å². The van der Waals surface area contributed by atoms with Gasteiger partial charge in [0.2, 0.25) is 0 Å². The largest absolute Gasteiger partial charge is 0.598 e. The van der Waals surface area contributed by atoms with Crippen molar-refractivity contribution in [3.63, 3.8) is 0 Å². The Kier molecular flexibility index (Phi) is 14.3. The van der Waals surface area contributed by atoms with Crippen LogP contribution in [0.4, 0.5) is 0 Å². The van der Waals surface area contributed by atoms with Gasteiger partial charge in [0.05, 0.1) is 0 Å². The molecule has 16 heavy (non-hydrogen) atoms. The molecule has 0 saturated carbocycles. The first kappa shape index (κ1) is 19.8. The van der Waals surface area contributed by atoms with E-state index in [1.807, 2.05) is 0 Å². The molecule has 3 nitrogen and oxygen atoms in total. The van der Waals surface area contributed by atoms with Gasteiger partial charge in [-0.25, -0.2) is 0 Å². The van der Waals surface area contributed by atoms with Gasteiger partial charge in [-0.1, -0.05) is 73.1 Å². The summed E-state index contributed by atoms with van der Waals surface area (Å²) < 4.78 is 8.48. The Morgan fingerprint density at radius 1 is 1.00 bits per heavy atom. The lowest BCUT2D eigenvalue weighted by Crippen LogP contribution is -2.17. The Balaban J connectivity index is 0. The van der Waals surface area contributed by atoms with Crippen LogP contribution in [-0.4, -0.2) is 14.5 Å². The van der Waals surface area contributed by atoms with Crippen molar-refractivity contribution in [2.75, 3.05) is 0 Å². The number of rotatable bonds is 5. The molecule has 0 aliphatic heterocycles. The molecule has 0 radical (unpaired) electrons. The van der Waals surface area contributed by atoms with E-state index in [9.17, 15) is 0 Å². The molecule has 0 aromatic heterocycles. The van der Waals surface area contributed by atoms with Crippen LogP contribution >= 0.6 is 56.0 Å². The van der Waals surface area contributed by atoms with Crippen LogP contribution in [0, 0.1) is 5.92 Å². The first-order chi connectivity index (χ1) is 7.16. The van der Waals surface area contributed by atoms with Crippen molar-refractivity contribution in [3.8, 4) is 0 Å². The highest BCUT2D eigenvalue weighted by Gasteiger charge is 2.18. The summed E-state index contributed by atoms with van der Waals surface area (Å²) in [6.07, 6.45) is 2.48. The average Bonchev–Trinajstić information content (AvgIpc) is 1.99. The van der Waals surface area contributed by atoms with Crippen LogP contribution in [0.2, 0.25) is 0 Å². The van der Waals surface area contributed by atoms with Crippen LogP contribution in [0.3, 0.4) is 0 Å². The van der Waals surface area contributed by atoms with Gasteiger partial charge in [-0.3, -0.25) is 0 Å². The minimum atomic E-state index is -3.37. The lowest BCUT2D eigenvalue weighted by atomic mass is 9.96. The molecule has 0 aliphatic rings. The summed E-state index contributed by atoms with van der Waals surface area (Å²) in [5.41, 5.74) is 0. The van der Waals surface area contributed by atoms with Crippen LogP contribution < -0.4 is 9.79 Å². The highest BCUT2D eigenvalue weighted by molar-refractivity contribution is 9.10. The van der Waals surface area contributed by atoms with E-state index in [1.165, 1.54) is 12.8 Å². The topological polar surface area (TPSA) is 63.2 Å². The van der Waals surface area contributed by atoms with Crippen LogP contribution in [0.1, 0.15) is 33.6 Å². The Morgan fingerprint density at radius 3 is 1.38 bits per heavy atom. The molecule has 0 N–H and O–H groups in total. The molecule has 0 heterocycles. The van der Waals surface area contributed by atoms with Gasteiger partial charge in [0, 0.05) is 14.5 Å². The van der Waals surface area contributed by atoms with Crippen molar-refractivity contribution in [2.45, 2.75) is 48.1 Å². The van der Waals surface area contributed by atoms with E-state index < -0.39 is 8.25 Å². The smallest absolute Gasteiger partial charge is 0.276 e. The normalized spacial score (nSPS) is 17.8. The summed E-state index contributed by atoms with van der Waals surface area (Å²) in [7, 11) is -3.37. The minimum absolute atomic E-state index is 0.609. The summed E-state index contributed by atoms with van der Waals surface area (Å²) in [4.78, 5) is 18.8. The van der Waals surface area contributed by atoms with Gasteiger partial charge in [-0.05, 0) is 18.8 Å². The van der Waals surface area contributed by atoms with Gasteiger partial charge in [-0.2, -0.15) is 0 Å². The van der Waals surface area contributed by atoms with Crippen LogP contribution in [-0.2, 0) is 4.57 Å². The lowest BCUT2D eigenvalue weighted by molar-refractivity contribution is -0.297. The van der Waals surface area contributed by atoms with Crippen molar-refractivity contribution < 1.29 is 14.4 Å². The van der Waals surface area contributed by atoms with E-state index in [-0.39, 0.29) is 0 Å². The van der Waals surface area contributed by atoms with Crippen LogP contribution in [0.5, 0.6) is 0 Å². The third-order valence-corrected chi connectivity index (χ3v) is 3.40. The predicted molar refractivity (Wildman–Crippen MR) is 75.5 cm³/mol. The molecule has 0 aliphatic carbocycles. The average molecular weight is 444 g/mol. The monoisotopic (exact) mass is 441 g/mol. The number of alkyl halides is 3. The molecular formula is C9H17Br3O3P-. The molecule has 0 aromatic rings. The van der Waals surface area contributed by atoms with Crippen molar-refractivity contribution in [2.24, 2.45) is 5.92 Å². The van der Waals surface area contributed by atoms with Crippen LogP contribution in [0.25, 0.3) is 0 Å². The van der Waals surface area contributed by atoms with Crippen molar-refractivity contribution in [1.82, 2.24) is 0 Å². The molecule has 0 spiro atoms. The number of hydrogen-bond acceptors (Lipinski definition) is 3. The van der Waals surface area contributed by atoms with E-state index in [2.05, 4.69) is 68.6 Å². The van der Waals surface area contributed by atoms with Gasteiger partial charge in [0.15, 0.2) is 0 Å². The maximum absolute atomic E-state index is 8.48. The van der Waals surface area contributed by atoms with E-state index in [4.69, 9.17) is 14.4 Å². The maximum atomic E-state index is 8.48. The zero-order valence-electron chi connectivity index (χ0n) is 9.53. The Hall–Kier alpha value is 1.46. The minimum Gasteiger partial charge on any atom is -0.598 e. The summed E-state index contributed by atoms with van der Waals surface area (Å²) in [5.74, 6) is 0.758. The van der Waals surface area contributed by atoms with E-state index in [0.717, 1.165) is 5.92 Å². The molecule has 0 rings (SSSR count). The predicted octanol–water partition coefficient (Wildman–Crippen LogP) is 3.10. The standard InChI is InChI=1S/C9H17Br3.HO3P/c1-6(10)4-9(8(3)12)5-7(2)11;1-4(2)3/h6-9H,4-5H2,1-3H3;(H,1,2,3)/p-1. The molecule has 7 heteroatoms. The van der Waals surface area contributed by atoms with E-state index >= 15 is 0 Å². The molecule has 0 fully saturated rings. The SMILES string of the molecule is CC(Br)CC(CC(C)Br)C(C)Br.O=[P+]([O-])[O-]. The second-order valence-corrected chi connectivity index (χ2v) is 8.71. The maximum Gasteiger partial charge on any atom is 0.276 e. The van der Waals surface area contributed by atoms with Crippen LogP contribution in [0.15, 0.2) is 0 Å². The summed E-state index contributed by atoms with van der Waals surface area (Å²) in [5, 5.41) is 0. The highest BCUT2D eigenvalue weighted by Crippen LogP contribution is 2.27.